The summed E-state index contributed by atoms with van der Waals surface area (Å²) in [6, 6.07) is 4.44. The monoisotopic (exact) mass is 742 g/mol. The molecule has 53 heavy (non-hydrogen) atoms. The van der Waals surface area contributed by atoms with Crippen LogP contribution >= 0.6 is 0 Å². The number of halogens is 1. The molecular weight excluding hydrogens is 687 g/mol. The Morgan fingerprint density at radius 2 is 1.75 bits per heavy atom. The molecule has 292 valence electrons. The number of benzene rings is 1. The lowest BCUT2D eigenvalue weighted by atomic mass is 9.76. The van der Waals surface area contributed by atoms with Crippen LogP contribution in [0.4, 0.5) is 10.2 Å². The zero-order valence-corrected chi connectivity index (χ0v) is 31.9. The number of likely N-dealkylation sites (tertiary alicyclic amines) is 1. The predicted molar refractivity (Wildman–Crippen MR) is 197 cm³/mol. The molecular formula is C37H55FN8O7. The van der Waals surface area contributed by atoms with E-state index in [0.29, 0.717) is 43.0 Å². The molecule has 3 N–H and O–H groups in total. The number of aliphatic carboxylic acids is 2. The quantitative estimate of drug-likeness (QED) is 0.200. The Morgan fingerprint density at radius 3 is 2.34 bits per heavy atom. The van der Waals surface area contributed by atoms with Gasteiger partial charge in [0.15, 0.2) is 5.82 Å². The first-order valence-corrected chi connectivity index (χ1v) is 18.1. The largest absolute Gasteiger partial charge is 0.478 e. The highest BCUT2D eigenvalue weighted by Gasteiger charge is 2.50. The van der Waals surface area contributed by atoms with Crippen LogP contribution in [0, 0.1) is 17.2 Å². The van der Waals surface area contributed by atoms with Crippen LogP contribution in [0.25, 0.3) is 0 Å². The maximum absolute atomic E-state index is 14.3. The molecule has 2 saturated heterocycles. The van der Waals surface area contributed by atoms with Gasteiger partial charge in [-0.2, -0.15) is 0 Å². The molecule has 3 heterocycles. The highest BCUT2D eigenvalue weighted by Crippen LogP contribution is 2.44. The van der Waals surface area contributed by atoms with Crippen molar-refractivity contribution in [3.05, 3.63) is 48.1 Å². The molecule has 4 rings (SSSR count). The number of aromatic nitrogens is 3. The van der Waals surface area contributed by atoms with E-state index in [2.05, 4.69) is 56.1 Å². The number of anilines is 1. The first-order valence-electron chi connectivity index (χ1n) is 18.1. The number of hydrogen-bond acceptors (Lipinski definition) is 11. The number of rotatable bonds is 17. The summed E-state index contributed by atoms with van der Waals surface area (Å²) in [6.07, 6.45) is 5.83. The van der Waals surface area contributed by atoms with E-state index in [0.717, 1.165) is 58.5 Å². The normalized spacial score (nSPS) is 15.7. The Bertz CT molecular complexity index is 1570. The third-order valence-electron chi connectivity index (χ3n) is 9.50. The van der Waals surface area contributed by atoms with E-state index in [1.807, 2.05) is 20.8 Å². The number of carbonyl (C=O) groups is 4. The fourth-order valence-corrected chi connectivity index (χ4v) is 6.91. The number of nitrogens with zero attached hydrogens (tertiary/aromatic N) is 7. The van der Waals surface area contributed by atoms with Gasteiger partial charge < -0.3 is 35.0 Å². The van der Waals surface area contributed by atoms with E-state index < -0.39 is 17.8 Å². The minimum Gasteiger partial charge on any atom is -0.478 e. The van der Waals surface area contributed by atoms with Crippen molar-refractivity contribution in [1.82, 2.24) is 35.2 Å². The molecule has 1 atom stereocenters. The van der Waals surface area contributed by atoms with Crippen molar-refractivity contribution in [2.75, 3.05) is 64.3 Å². The second kappa shape index (κ2) is 19.9. The van der Waals surface area contributed by atoms with Crippen molar-refractivity contribution in [1.29, 1.82) is 0 Å². The van der Waals surface area contributed by atoms with Crippen molar-refractivity contribution in [3.8, 4) is 11.6 Å². The molecule has 2 aromatic rings. The van der Waals surface area contributed by atoms with Crippen molar-refractivity contribution in [2.45, 2.75) is 72.9 Å². The van der Waals surface area contributed by atoms with Gasteiger partial charge in [-0.15, -0.1) is 10.2 Å². The van der Waals surface area contributed by atoms with Gasteiger partial charge in [-0.25, -0.2) is 19.0 Å². The van der Waals surface area contributed by atoms with Crippen LogP contribution in [0.2, 0.25) is 0 Å². The average molecular weight is 743 g/mol. The molecule has 1 aromatic heterocycles. The number of carboxylic acid groups (broad SMARTS) is 2. The van der Waals surface area contributed by atoms with Gasteiger partial charge in [0.05, 0.1) is 5.56 Å². The van der Waals surface area contributed by atoms with Crippen molar-refractivity contribution in [3.63, 3.8) is 0 Å². The van der Waals surface area contributed by atoms with Crippen LogP contribution in [0.3, 0.4) is 0 Å². The molecule has 2 aliphatic heterocycles. The molecule has 15 nitrogen and oxygen atoms in total. The second-order valence-corrected chi connectivity index (χ2v) is 14.3. The fourth-order valence-electron chi connectivity index (χ4n) is 6.91. The van der Waals surface area contributed by atoms with Crippen LogP contribution in [0.15, 0.2) is 36.7 Å². The minimum absolute atomic E-state index is 0.0132. The SMILES string of the molecule is CCN(C(=O)c1cc(F)ccc1Oc1nncnc1N1CCC2(C1)CN([C@H](CCCN(C)CCNC(C)=O)C(C)C)C2)C(C)C.O=C(O)/C=C/C(=O)O. The number of hydrogen-bond donors (Lipinski definition) is 3. The number of ether oxygens (including phenoxy) is 1. The number of carboxylic acids is 2. The summed E-state index contributed by atoms with van der Waals surface area (Å²) in [6.45, 7) is 18.7. The van der Waals surface area contributed by atoms with Gasteiger partial charge in [0.2, 0.25) is 5.91 Å². The third kappa shape index (κ3) is 12.7. The van der Waals surface area contributed by atoms with E-state index in [4.69, 9.17) is 14.9 Å². The standard InChI is InChI=1S/C33H51FN8O3.C4H4O4/c1-8-42(24(4)5)32(44)27-18-26(34)11-12-29(27)45-31-30(36-22-37-38-31)40-16-13-33(19-40)20-41(21-33)28(23(2)3)10-9-15-39(7)17-14-35-25(6)43;5-3(6)1-2-4(7)8/h11-12,18,22-24,28H,8-10,13-17,19-21H2,1-7H3,(H,35,43);1-2H,(H,5,6)(H,7,8)/b;2-1+/t28-;/m1./s1. The van der Waals surface area contributed by atoms with E-state index in [1.54, 1.807) is 11.8 Å². The van der Waals surface area contributed by atoms with Crippen LogP contribution in [0.5, 0.6) is 11.6 Å². The van der Waals surface area contributed by atoms with Gasteiger partial charge in [0.25, 0.3) is 11.8 Å². The van der Waals surface area contributed by atoms with Gasteiger partial charge in [0.1, 0.15) is 17.9 Å². The summed E-state index contributed by atoms with van der Waals surface area (Å²) in [7, 11) is 2.11. The molecule has 0 radical (unpaired) electrons. The molecule has 0 bridgehead atoms. The Morgan fingerprint density at radius 1 is 1.08 bits per heavy atom. The first kappa shape index (κ1) is 42.7. The number of amides is 2. The smallest absolute Gasteiger partial charge is 0.328 e. The Labute approximate surface area is 311 Å². The molecule has 16 heteroatoms. The zero-order chi connectivity index (χ0) is 39.3. The predicted octanol–water partition coefficient (Wildman–Crippen LogP) is 3.77. The molecule has 1 aromatic carbocycles. The lowest BCUT2D eigenvalue weighted by Gasteiger charge is -2.53. The molecule has 0 saturated carbocycles. The summed E-state index contributed by atoms with van der Waals surface area (Å²) < 4.78 is 20.5. The number of nitrogens with one attached hydrogen (secondary N) is 1. The highest BCUT2D eigenvalue weighted by molar-refractivity contribution is 5.97. The second-order valence-electron chi connectivity index (χ2n) is 14.3. The van der Waals surface area contributed by atoms with Crippen LogP contribution in [0.1, 0.15) is 71.2 Å². The molecule has 1 spiro atoms. The van der Waals surface area contributed by atoms with E-state index >= 15 is 0 Å². The van der Waals surface area contributed by atoms with Gasteiger partial charge in [0, 0.05) is 82.4 Å². The van der Waals surface area contributed by atoms with Crippen LogP contribution in [-0.4, -0.2) is 135 Å². The zero-order valence-electron chi connectivity index (χ0n) is 31.9. The van der Waals surface area contributed by atoms with Crippen molar-refractivity contribution < 1.29 is 38.5 Å². The minimum atomic E-state index is -1.26. The topological polar surface area (TPSA) is 182 Å². The number of carbonyl (C=O) groups excluding carboxylic acids is 2. The molecule has 0 aliphatic carbocycles. The van der Waals surface area contributed by atoms with Crippen LogP contribution in [-0.2, 0) is 14.4 Å². The highest BCUT2D eigenvalue weighted by atomic mass is 19.1. The molecule has 0 unspecified atom stereocenters. The first-order chi connectivity index (χ1) is 25.1. The summed E-state index contributed by atoms with van der Waals surface area (Å²) in [5.74, 6) is -1.72. The van der Waals surface area contributed by atoms with Gasteiger partial charge >= 0.3 is 11.9 Å². The summed E-state index contributed by atoms with van der Waals surface area (Å²) in [5, 5.41) is 26.7. The van der Waals surface area contributed by atoms with E-state index in [9.17, 15) is 23.6 Å². The van der Waals surface area contributed by atoms with E-state index in [-0.39, 0.29) is 40.5 Å². The molecule has 2 amide bonds. The van der Waals surface area contributed by atoms with Crippen molar-refractivity contribution >= 4 is 29.6 Å². The number of likely N-dealkylation sites (N-methyl/N-ethyl adjacent to an activating group) is 1. The average Bonchev–Trinajstić information content (AvgIpc) is 3.52. The maximum Gasteiger partial charge on any atom is 0.328 e. The summed E-state index contributed by atoms with van der Waals surface area (Å²) in [4.78, 5) is 56.9. The van der Waals surface area contributed by atoms with Crippen molar-refractivity contribution in [2.24, 2.45) is 11.3 Å². The lowest BCUT2D eigenvalue weighted by Crippen LogP contribution is -2.62. The lowest BCUT2D eigenvalue weighted by molar-refractivity contribution is -0.134. The van der Waals surface area contributed by atoms with Crippen LogP contribution < -0.4 is 15.0 Å². The molecule has 2 aliphatic rings. The third-order valence-corrected chi connectivity index (χ3v) is 9.50. The fraction of sp³-hybridized carbons (Fsp3) is 0.595. The Kier molecular flexibility index (Phi) is 16.1. The van der Waals surface area contributed by atoms with Gasteiger partial charge in [-0.3, -0.25) is 14.5 Å². The Hall–Kier alpha value is -4.70. The maximum atomic E-state index is 14.3. The Balaban J connectivity index is 0.000000846. The van der Waals surface area contributed by atoms with Gasteiger partial charge in [-0.05, 0) is 77.7 Å². The molecule has 2 fully saturated rings. The van der Waals surface area contributed by atoms with E-state index in [1.165, 1.54) is 24.5 Å². The van der Waals surface area contributed by atoms with Gasteiger partial charge in [-0.1, -0.05) is 13.8 Å². The summed E-state index contributed by atoms with van der Waals surface area (Å²) >= 11 is 0. The summed E-state index contributed by atoms with van der Waals surface area (Å²) in [5.41, 5.74) is 0.328.